The maximum Gasteiger partial charge on any atom is 0.222 e. The van der Waals surface area contributed by atoms with Gasteiger partial charge in [-0.05, 0) is 48.1 Å². The number of nitrogens with zero attached hydrogens (tertiary/aromatic N) is 2. The van der Waals surface area contributed by atoms with Crippen LogP contribution in [0.3, 0.4) is 0 Å². The molecular weight excluding hydrogens is 422 g/mol. The molecule has 176 valence electrons. The largest absolute Gasteiger partial charge is 0.352 e. The van der Waals surface area contributed by atoms with Crippen LogP contribution in [0.4, 0.5) is 11.4 Å². The molecule has 1 heterocycles. The number of benzene rings is 3. The lowest BCUT2D eigenvalue weighted by Crippen LogP contribution is -2.32. The standard InChI is InChI=1S/C29H33N3O2/c1-31(29(34)19-18-28(33)30-22-23-10-3-2-4-11-23)20-9-21-32-26-14-7-5-12-24(26)16-17-25-13-6-8-15-27(25)32/h2-8,10-15H,9,16-22H2,1H3,(H,30,33). The van der Waals surface area contributed by atoms with Gasteiger partial charge in [0.25, 0.3) is 0 Å². The van der Waals surface area contributed by atoms with E-state index in [4.69, 9.17) is 0 Å². The Labute approximate surface area is 202 Å². The zero-order chi connectivity index (χ0) is 23.8. The molecule has 0 saturated heterocycles. The first-order valence-corrected chi connectivity index (χ1v) is 12.1. The SMILES string of the molecule is CN(CCCN1c2ccccc2CCc2ccccc21)C(=O)CCC(=O)NCc1ccccc1. The molecular formula is C29H33N3O2. The topological polar surface area (TPSA) is 52.7 Å². The second kappa shape index (κ2) is 11.5. The molecule has 4 rings (SSSR count). The monoisotopic (exact) mass is 455 g/mol. The fourth-order valence-corrected chi connectivity index (χ4v) is 4.50. The van der Waals surface area contributed by atoms with Crippen molar-refractivity contribution in [3.8, 4) is 0 Å². The van der Waals surface area contributed by atoms with E-state index in [1.807, 2.05) is 37.4 Å². The Bertz CT molecular complexity index is 1070. The third-order valence-electron chi connectivity index (χ3n) is 6.43. The first-order valence-electron chi connectivity index (χ1n) is 12.1. The molecule has 0 spiro atoms. The molecule has 3 aromatic carbocycles. The van der Waals surface area contributed by atoms with Crippen molar-refractivity contribution in [3.63, 3.8) is 0 Å². The third kappa shape index (κ3) is 6.04. The van der Waals surface area contributed by atoms with E-state index in [2.05, 4.69) is 58.7 Å². The maximum absolute atomic E-state index is 12.6. The lowest BCUT2D eigenvalue weighted by molar-refractivity contribution is -0.132. The fraction of sp³-hybridized carbons (Fsp3) is 0.310. The molecule has 0 bridgehead atoms. The number of rotatable bonds is 9. The van der Waals surface area contributed by atoms with Crippen molar-refractivity contribution < 1.29 is 9.59 Å². The molecule has 0 fully saturated rings. The van der Waals surface area contributed by atoms with Crippen molar-refractivity contribution in [3.05, 3.63) is 95.6 Å². The Hall–Kier alpha value is -3.60. The van der Waals surface area contributed by atoms with Crippen LogP contribution in [-0.2, 0) is 29.0 Å². The number of para-hydroxylation sites is 2. The zero-order valence-corrected chi connectivity index (χ0v) is 19.9. The molecule has 0 aromatic heterocycles. The number of fused-ring (bicyclic) bond motifs is 2. The highest BCUT2D eigenvalue weighted by molar-refractivity contribution is 5.83. The molecule has 34 heavy (non-hydrogen) atoms. The third-order valence-corrected chi connectivity index (χ3v) is 6.43. The molecule has 5 heteroatoms. The van der Waals surface area contributed by atoms with Gasteiger partial charge in [0.05, 0.1) is 0 Å². The molecule has 2 amide bonds. The minimum atomic E-state index is -0.0941. The van der Waals surface area contributed by atoms with Gasteiger partial charge in [-0.1, -0.05) is 66.7 Å². The summed E-state index contributed by atoms with van der Waals surface area (Å²) in [6.07, 6.45) is 3.36. The molecule has 1 aliphatic heterocycles. The number of amides is 2. The second-order valence-corrected chi connectivity index (χ2v) is 8.84. The van der Waals surface area contributed by atoms with E-state index >= 15 is 0 Å². The van der Waals surface area contributed by atoms with E-state index in [1.54, 1.807) is 4.90 Å². The molecule has 3 aromatic rings. The number of hydrogen-bond acceptors (Lipinski definition) is 3. The number of carbonyl (C=O) groups excluding carboxylic acids is 2. The quantitative estimate of drug-likeness (QED) is 0.501. The summed E-state index contributed by atoms with van der Waals surface area (Å²) in [5.74, 6) is -0.0880. The van der Waals surface area contributed by atoms with Gasteiger partial charge in [0.1, 0.15) is 0 Å². The second-order valence-electron chi connectivity index (χ2n) is 8.84. The van der Waals surface area contributed by atoms with E-state index in [0.717, 1.165) is 31.4 Å². The number of carbonyl (C=O) groups is 2. The molecule has 0 radical (unpaired) electrons. The van der Waals surface area contributed by atoms with E-state index in [0.29, 0.717) is 13.1 Å². The van der Waals surface area contributed by atoms with Crippen LogP contribution in [0.15, 0.2) is 78.9 Å². The van der Waals surface area contributed by atoms with Crippen LogP contribution in [-0.4, -0.2) is 36.9 Å². The van der Waals surface area contributed by atoms with Crippen LogP contribution >= 0.6 is 0 Å². The number of hydrogen-bond donors (Lipinski definition) is 1. The van der Waals surface area contributed by atoms with Gasteiger partial charge in [-0.3, -0.25) is 9.59 Å². The van der Waals surface area contributed by atoms with Crippen LogP contribution in [0, 0.1) is 0 Å². The predicted molar refractivity (Wildman–Crippen MR) is 137 cm³/mol. The average Bonchev–Trinajstić information content (AvgIpc) is 3.03. The van der Waals surface area contributed by atoms with Gasteiger partial charge in [0, 0.05) is 50.9 Å². The summed E-state index contributed by atoms with van der Waals surface area (Å²) in [4.78, 5) is 28.9. The molecule has 1 N–H and O–H groups in total. The highest BCUT2D eigenvalue weighted by Crippen LogP contribution is 2.35. The minimum Gasteiger partial charge on any atom is -0.352 e. The summed E-state index contributed by atoms with van der Waals surface area (Å²) >= 11 is 0. The molecule has 5 nitrogen and oxygen atoms in total. The summed E-state index contributed by atoms with van der Waals surface area (Å²) in [5, 5.41) is 2.89. The van der Waals surface area contributed by atoms with Gasteiger partial charge in [-0.25, -0.2) is 0 Å². The number of anilines is 2. The van der Waals surface area contributed by atoms with Crippen molar-refractivity contribution in [1.29, 1.82) is 0 Å². The predicted octanol–water partition coefficient (Wildman–Crippen LogP) is 4.87. The Morgan fingerprint density at radius 1 is 0.824 bits per heavy atom. The summed E-state index contributed by atoms with van der Waals surface area (Å²) in [6.45, 7) is 1.98. The van der Waals surface area contributed by atoms with Gasteiger partial charge in [0.15, 0.2) is 0 Å². The molecule has 0 atom stereocenters. The van der Waals surface area contributed by atoms with Crippen molar-refractivity contribution in [1.82, 2.24) is 10.2 Å². The van der Waals surface area contributed by atoms with Crippen LogP contribution in [0.1, 0.15) is 36.0 Å². The van der Waals surface area contributed by atoms with Crippen LogP contribution in [0.2, 0.25) is 0 Å². The number of nitrogens with one attached hydrogen (secondary N) is 1. The normalized spacial score (nSPS) is 12.3. The highest BCUT2D eigenvalue weighted by atomic mass is 16.2. The lowest BCUT2D eigenvalue weighted by Gasteiger charge is -2.28. The van der Waals surface area contributed by atoms with Crippen LogP contribution < -0.4 is 10.2 Å². The Morgan fingerprint density at radius 3 is 2.06 bits per heavy atom. The Morgan fingerprint density at radius 2 is 1.41 bits per heavy atom. The van der Waals surface area contributed by atoms with E-state index in [1.165, 1.54) is 22.5 Å². The van der Waals surface area contributed by atoms with Crippen molar-refractivity contribution in [2.24, 2.45) is 0 Å². The average molecular weight is 456 g/mol. The Balaban J connectivity index is 1.27. The first-order chi connectivity index (χ1) is 16.6. The van der Waals surface area contributed by atoms with Gasteiger partial charge < -0.3 is 15.1 Å². The highest BCUT2D eigenvalue weighted by Gasteiger charge is 2.20. The van der Waals surface area contributed by atoms with E-state index < -0.39 is 0 Å². The first kappa shape index (κ1) is 23.6. The fourth-order valence-electron chi connectivity index (χ4n) is 4.50. The van der Waals surface area contributed by atoms with Crippen LogP contribution in [0.25, 0.3) is 0 Å². The molecule has 0 saturated carbocycles. The Kier molecular flexibility index (Phi) is 7.97. The number of aryl methyl sites for hydroxylation is 2. The van der Waals surface area contributed by atoms with Gasteiger partial charge >= 0.3 is 0 Å². The van der Waals surface area contributed by atoms with Gasteiger partial charge in [-0.15, -0.1) is 0 Å². The molecule has 0 aliphatic carbocycles. The van der Waals surface area contributed by atoms with Crippen molar-refractivity contribution in [2.45, 2.75) is 38.6 Å². The summed E-state index contributed by atoms with van der Waals surface area (Å²) < 4.78 is 0. The minimum absolute atomic E-state index is 0.00604. The summed E-state index contributed by atoms with van der Waals surface area (Å²) in [5.41, 5.74) is 6.30. The summed E-state index contributed by atoms with van der Waals surface area (Å²) in [6, 6.07) is 27.0. The zero-order valence-electron chi connectivity index (χ0n) is 19.9. The van der Waals surface area contributed by atoms with E-state index in [9.17, 15) is 9.59 Å². The summed E-state index contributed by atoms with van der Waals surface area (Å²) in [7, 11) is 1.83. The van der Waals surface area contributed by atoms with Crippen LogP contribution in [0.5, 0.6) is 0 Å². The van der Waals surface area contributed by atoms with E-state index in [-0.39, 0.29) is 24.7 Å². The van der Waals surface area contributed by atoms with Gasteiger partial charge in [-0.2, -0.15) is 0 Å². The maximum atomic E-state index is 12.6. The van der Waals surface area contributed by atoms with Gasteiger partial charge in [0.2, 0.25) is 11.8 Å². The molecule has 1 aliphatic rings. The van der Waals surface area contributed by atoms with Crippen molar-refractivity contribution >= 4 is 23.2 Å². The molecule has 0 unspecified atom stereocenters. The van der Waals surface area contributed by atoms with Crippen molar-refractivity contribution in [2.75, 3.05) is 25.0 Å². The lowest BCUT2D eigenvalue weighted by atomic mass is 10.0. The smallest absolute Gasteiger partial charge is 0.222 e.